The van der Waals surface area contributed by atoms with Gasteiger partial charge in [0.05, 0.1) is 37.5 Å². The van der Waals surface area contributed by atoms with Gasteiger partial charge in [-0.05, 0) is 91.5 Å². The first-order valence-corrected chi connectivity index (χ1v) is 20.4. The summed E-state index contributed by atoms with van der Waals surface area (Å²) in [7, 11) is -1.53. The number of aromatic nitrogens is 1. The fourth-order valence-electron chi connectivity index (χ4n) is 5.79. The van der Waals surface area contributed by atoms with Crippen molar-refractivity contribution in [3.63, 3.8) is 0 Å². The summed E-state index contributed by atoms with van der Waals surface area (Å²) in [6.07, 6.45) is 3.21. The molecule has 1 aliphatic heterocycles. The molecule has 1 atom stereocenters. The summed E-state index contributed by atoms with van der Waals surface area (Å²) in [5, 5.41) is 4.86. The van der Waals surface area contributed by atoms with Crippen molar-refractivity contribution >= 4 is 56.0 Å². The van der Waals surface area contributed by atoms with E-state index in [1.807, 2.05) is 20.8 Å². The van der Waals surface area contributed by atoms with Crippen LogP contribution < -0.4 is 19.1 Å². The van der Waals surface area contributed by atoms with Crippen LogP contribution in [0.25, 0.3) is 0 Å². The Balaban J connectivity index is 1.43. The van der Waals surface area contributed by atoms with Crippen molar-refractivity contribution in [3.8, 4) is 11.5 Å². The van der Waals surface area contributed by atoms with E-state index < -0.39 is 44.1 Å². The number of nitrogens with one attached hydrogen (secondary N) is 1. The zero-order valence-electron chi connectivity index (χ0n) is 32.1. The number of nitrogens with zero attached hydrogens (tertiary/aromatic N) is 4. The molecule has 17 heteroatoms. The Labute approximate surface area is 326 Å². The number of carbonyl (C=O) groups is 2. The number of hydrogen-bond donors (Lipinski definition) is 1. The van der Waals surface area contributed by atoms with Crippen LogP contribution in [0.5, 0.6) is 11.5 Å². The molecule has 1 saturated heterocycles. The number of hydrogen-bond acceptors (Lipinski definition) is 11. The van der Waals surface area contributed by atoms with Crippen molar-refractivity contribution in [3.05, 3.63) is 58.3 Å². The van der Waals surface area contributed by atoms with Gasteiger partial charge in [-0.3, -0.25) is 0 Å². The summed E-state index contributed by atoms with van der Waals surface area (Å²) in [4.78, 5) is 33.0. The average molecular weight is 812 g/mol. The number of thiazole rings is 1. The Kier molecular flexibility index (Phi) is 14.3. The van der Waals surface area contributed by atoms with Gasteiger partial charge in [0.25, 0.3) is 10.0 Å². The van der Waals surface area contributed by atoms with Gasteiger partial charge in [0.2, 0.25) is 0 Å². The SMILES string of the molecule is COc1ccc(CN(c2nccs2)S(=O)(=O)c2cc(Cl)c(NCCCCN(C[C@H]3CCCN3C(=O)OC(C)(C)C)C(=O)OC(C)(C)C)cc2F)c(OC)c1. The molecule has 2 heterocycles. The fraction of sp³-hybridized carbons (Fsp3) is 0.541. The van der Waals surface area contributed by atoms with Crippen LogP contribution in [0, 0.1) is 5.82 Å². The largest absolute Gasteiger partial charge is 0.497 e. The smallest absolute Gasteiger partial charge is 0.410 e. The first-order valence-electron chi connectivity index (χ1n) is 17.7. The molecule has 54 heavy (non-hydrogen) atoms. The highest BCUT2D eigenvalue weighted by Crippen LogP contribution is 2.35. The molecular formula is C37H51ClFN5O8S2. The van der Waals surface area contributed by atoms with Gasteiger partial charge in [-0.15, -0.1) is 11.3 Å². The lowest BCUT2D eigenvalue weighted by Crippen LogP contribution is -2.48. The van der Waals surface area contributed by atoms with Crippen LogP contribution in [0.2, 0.25) is 5.02 Å². The van der Waals surface area contributed by atoms with Crippen LogP contribution in [-0.2, 0) is 26.0 Å². The molecule has 1 aliphatic rings. The summed E-state index contributed by atoms with van der Waals surface area (Å²) >= 11 is 7.63. The van der Waals surface area contributed by atoms with Crippen LogP contribution in [0.3, 0.4) is 0 Å². The zero-order chi connectivity index (χ0) is 39.8. The Hall–Kier alpha value is -4.02. The number of ether oxygens (including phenoxy) is 4. The number of carbonyl (C=O) groups excluding carboxylic acids is 2. The first-order chi connectivity index (χ1) is 25.3. The van der Waals surface area contributed by atoms with Gasteiger partial charge in [0.15, 0.2) is 5.13 Å². The summed E-state index contributed by atoms with van der Waals surface area (Å²) in [6, 6.07) is 6.90. The second kappa shape index (κ2) is 18.1. The van der Waals surface area contributed by atoms with Crippen molar-refractivity contribution in [1.29, 1.82) is 0 Å². The molecule has 2 aromatic carbocycles. The van der Waals surface area contributed by atoms with E-state index >= 15 is 4.39 Å². The van der Waals surface area contributed by atoms with Crippen molar-refractivity contribution < 1.29 is 41.3 Å². The third-order valence-corrected chi connectivity index (χ3v) is 11.3. The summed E-state index contributed by atoms with van der Waals surface area (Å²) in [5.74, 6) is -0.0803. The fourth-order valence-corrected chi connectivity index (χ4v) is 8.42. The van der Waals surface area contributed by atoms with Crippen molar-refractivity contribution in [2.45, 2.75) is 95.9 Å². The molecule has 1 fully saturated rings. The predicted molar refractivity (Wildman–Crippen MR) is 208 cm³/mol. The number of sulfonamides is 1. The van der Waals surface area contributed by atoms with Crippen molar-refractivity contribution in [2.75, 3.05) is 50.0 Å². The topological polar surface area (TPSA) is 140 Å². The van der Waals surface area contributed by atoms with Crippen molar-refractivity contribution in [1.82, 2.24) is 14.8 Å². The van der Waals surface area contributed by atoms with E-state index in [0.717, 1.165) is 40.6 Å². The zero-order valence-corrected chi connectivity index (χ0v) is 34.5. The minimum Gasteiger partial charge on any atom is -0.497 e. The van der Waals surface area contributed by atoms with E-state index in [1.165, 1.54) is 20.4 Å². The number of likely N-dealkylation sites (tertiary alicyclic amines) is 1. The van der Waals surface area contributed by atoms with Crippen LogP contribution in [0.4, 0.5) is 24.8 Å². The van der Waals surface area contributed by atoms with Crippen LogP contribution in [0.15, 0.2) is 46.8 Å². The molecule has 4 rings (SSSR count). The maximum atomic E-state index is 15.7. The maximum absolute atomic E-state index is 15.7. The van der Waals surface area contributed by atoms with E-state index in [9.17, 15) is 18.0 Å². The van der Waals surface area contributed by atoms with E-state index in [1.54, 1.807) is 54.2 Å². The molecule has 0 saturated carbocycles. The number of rotatable bonds is 15. The van der Waals surface area contributed by atoms with E-state index in [2.05, 4.69) is 10.3 Å². The molecule has 0 bridgehead atoms. The molecule has 1 aromatic heterocycles. The highest BCUT2D eigenvalue weighted by molar-refractivity contribution is 7.93. The summed E-state index contributed by atoms with van der Waals surface area (Å²) in [5.41, 5.74) is -0.626. The molecule has 0 aliphatic carbocycles. The monoisotopic (exact) mass is 811 g/mol. The number of halogens is 2. The molecule has 0 radical (unpaired) electrons. The molecular weight excluding hydrogens is 761 g/mol. The minimum absolute atomic E-state index is 0.00920. The van der Waals surface area contributed by atoms with Gasteiger partial charge < -0.3 is 34.1 Å². The number of amides is 2. The van der Waals surface area contributed by atoms with Crippen molar-refractivity contribution in [2.24, 2.45) is 0 Å². The lowest BCUT2D eigenvalue weighted by atomic mass is 10.2. The van der Waals surface area contributed by atoms with Crippen LogP contribution >= 0.6 is 22.9 Å². The number of benzene rings is 2. The second-order valence-corrected chi connectivity index (χ2v) is 17.9. The average Bonchev–Trinajstić information content (AvgIpc) is 3.79. The van der Waals surface area contributed by atoms with Crippen LogP contribution in [0.1, 0.15) is 72.8 Å². The molecule has 2 amide bonds. The third kappa shape index (κ3) is 11.5. The Morgan fingerprint density at radius 2 is 1.78 bits per heavy atom. The molecule has 1 N–H and O–H groups in total. The molecule has 13 nitrogen and oxygen atoms in total. The molecule has 0 spiro atoms. The maximum Gasteiger partial charge on any atom is 0.410 e. The highest BCUT2D eigenvalue weighted by atomic mass is 35.5. The lowest BCUT2D eigenvalue weighted by molar-refractivity contribution is 0.00864. The molecule has 3 aromatic rings. The Bertz CT molecular complexity index is 1850. The number of methoxy groups -OCH3 is 2. The lowest BCUT2D eigenvalue weighted by Gasteiger charge is -2.33. The Morgan fingerprint density at radius 1 is 1.06 bits per heavy atom. The summed E-state index contributed by atoms with van der Waals surface area (Å²) < 4.78 is 66.8. The van der Waals surface area contributed by atoms with Crippen LogP contribution in [-0.4, -0.2) is 93.0 Å². The summed E-state index contributed by atoms with van der Waals surface area (Å²) in [6.45, 7) is 12.2. The second-order valence-electron chi connectivity index (χ2n) is 14.8. The van der Waals surface area contributed by atoms with E-state index in [4.69, 9.17) is 30.5 Å². The van der Waals surface area contributed by atoms with Gasteiger partial charge in [-0.25, -0.2) is 31.7 Å². The van der Waals surface area contributed by atoms with Gasteiger partial charge >= 0.3 is 12.2 Å². The number of anilines is 2. The Morgan fingerprint density at radius 3 is 2.41 bits per heavy atom. The predicted octanol–water partition coefficient (Wildman–Crippen LogP) is 8.18. The normalized spacial score (nSPS) is 14.8. The van der Waals surface area contributed by atoms with Gasteiger partial charge in [-0.2, -0.15) is 0 Å². The van der Waals surface area contributed by atoms with Gasteiger partial charge in [0.1, 0.15) is 33.4 Å². The standard InChI is InChI=1S/C37H51ClFN5O8S2/c1-36(2,3)51-34(45)42(24-26-12-11-18-43(26)35(46)52-37(4,5)6)17-10-9-15-40-30-22-29(39)32(21-28(30)38)54(47,48)44(33-41-16-19-53-33)23-25-13-14-27(49-7)20-31(25)50-8/h13-14,16,19-22,26,40H,9-12,15,17-18,23-24H2,1-8H3/t26-/m1/s1. The first kappa shape index (κ1) is 42.7. The molecule has 298 valence electrons. The molecule has 0 unspecified atom stereocenters. The highest BCUT2D eigenvalue weighted by Gasteiger charge is 2.35. The van der Waals surface area contributed by atoms with Gasteiger partial charge in [-0.1, -0.05) is 11.6 Å². The van der Waals surface area contributed by atoms with E-state index in [0.29, 0.717) is 49.5 Å². The van der Waals surface area contributed by atoms with Gasteiger partial charge in [0, 0.05) is 49.4 Å². The van der Waals surface area contributed by atoms with E-state index in [-0.39, 0.29) is 35.0 Å². The third-order valence-electron chi connectivity index (χ3n) is 8.29. The quantitative estimate of drug-likeness (QED) is 0.150. The number of unbranched alkanes of at least 4 members (excludes halogenated alkanes) is 1. The minimum atomic E-state index is -4.50.